The fourth-order valence-electron chi connectivity index (χ4n) is 2.42. The maximum absolute atomic E-state index is 9.95. The van der Waals surface area contributed by atoms with Gasteiger partial charge in [-0.2, -0.15) is 0 Å². The highest BCUT2D eigenvalue weighted by Gasteiger charge is 2.38. The van der Waals surface area contributed by atoms with Crippen LogP contribution in [0.2, 0.25) is 0 Å². The number of thioether (sulfide) groups is 1. The largest absolute Gasteiger partial charge is 0.475 e. The highest BCUT2D eigenvalue weighted by Crippen LogP contribution is 2.29. The Balaban J connectivity index is 1.68. The molecule has 1 aromatic heterocycles. The second-order valence-corrected chi connectivity index (χ2v) is 6.73. The quantitative estimate of drug-likeness (QED) is 0.647. The minimum absolute atomic E-state index is 0.00240. The second kappa shape index (κ2) is 7.50. The van der Waals surface area contributed by atoms with Crippen molar-refractivity contribution in [1.82, 2.24) is 4.98 Å². The highest BCUT2D eigenvalue weighted by atomic mass is 32.2. The van der Waals surface area contributed by atoms with Crippen LogP contribution < -0.4 is 4.74 Å². The molecule has 0 spiro atoms. The summed E-state index contributed by atoms with van der Waals surface area (Å²) in [4.78, 5) is 4.34. The van der Waals surface area contributed by atoms with Crippen LogP contribution in [0.25, 0.3) is 11.3 Å². The van der Waals surface area contributed by atoms with Crippen LogP contribution in [0.4, 0.5) is 0 Å². The van der Waals surface area contributed by atoms with Crippen molar-refractivity contribution >= 4 is 11.8 Å². The third kappa shape index (κ3) is 3.71. The lowest BCUT2D eigenvalue weighted by atomic mass is 10.1. The van der Waals surface area contributed by atoms with Crippen molar-refractivity contribution in [2.24, 2.45) is 0 Å². The summed E-state index contributed by atoms with van der Waals surface area (Å²) >= 11 is 1.25. The number of benzene rings is 1. The monoisotopic (exact) mass is 349 g/mol. The van der Waals surface area contributed by atoms with E-state index in [1.54, 1.807) is 18.3 Å². The first-order valence-electron chi connectivity index (χ1n) is 7.57. The van der Waals surface area contributed by atoms with Gasteiger partial charge in [0.25, 0.3) is 0 Å². The lowest BCUT2D eigenvalue weighted by molar-refractivity contribution is -0.0786. The van der Waals surface area contributed by atoms with Crippen LogP contribution in [0.1, 0.15) is 5.56 Å². The number of aliphatic hydroxyl groups excluding tert-OH is 4. The van der Waals surface area contributed by atoms with E-state index in [0.29, 0.717) is 11.5 Å². The molecule has 1 fully saturated rings. The van der Waals surface area contributed by atoms with Gasteiger partial charge in [-0.05, 0) is 17.7 Å². The maximum atomic E-state index is 9.95. The number of aliphatic hydroxyl groups is 4. The molecule has 128 valence electrons. The van der Waals surface area contributed by atoms with E-state index in [4.69, 9.17) is 9.84 Å². The average Bonchev–Trinajstić information content (AvgIpc) is 2.63. The molecule has 0 saturated carbocycles. The van der Waals surface area contributed by atoms with Crippen LogP contribution in [0.5, 0.6) is 5.75 Å². The predicted molar refractivity (Wildman–Crippen MR) is 90.5 cm³/mol. The molecule has 7 heteroatoms. The topological polar surface area (TPSA) is 103 Å². The van der Waals surface area contributed by atoms with Crippen LogP contribution in [0.15, 0.2) is 42.6 Å². The van der Waals surface area contributed by atoms with E-state index < -0.39 is 23.7 Å². The zero-order valence-corrected chi connectivity index (χ0v) is 13.6. The second-order valence-electron chi connectivity index (χ2n) is 5.60. The Hall–Kier alpha value is -1.64. The summed E-state index contributed by atoms with van der Waals surface area (Å²) in [6.07, 6.45) is -1.77. The van der Waals surface area contributed by atoms with Crippen molar-refractivity contribution < 1.29 is 25.2 Å². The van der Waals surface area contributed by atoms with E-state index >= 15 is 0 Å². The Labute approximate surface area is 143 Å². The van der Waals surface area contributed by atoms with Gasteiger partial charge in [-0.25, -0.2) is 0 Å². The van der Waals surface area contributed by atoms with Gasteiger partial charge < -0.3 is 25.2 Å². The third-order valence-electron chi connectivity index (χ3n) is 3.88. The van der Waals surface area contributed by atoms with Gasteiger partial charge >= 0.3 is 0 Å². The number of hydrogen-bond donors (Lipinski definition) is 4. The molecule has 1 aliphatic rings. The lowest BCUT2D eigenvalue weighted by Crippen LogP contribution is -2.50. The van der Waals surface area contributed by atoms with Crippen LogP contribution in [-0.4, -0.2) is 54.9 Å². The first-order chi connectivity index (χ1) is 11.6. The van der Waals surface area contributed by atoms with Crippen LogP contribution >= 0.6 is 11.8 Å². The summed E-state index contributed by atoms with van der Waals surface area (Å²) < 4.78 is 5.66. The zero-order chi connectivity index (χ0) is 17.1. The summed E-state index contributed by atoms with van der Waals surface area (Å²) in [5.41, 5.74) is 1.87. The Bertz CT molecular complexity index is 664. The fourth-order valence-corrected chi connectivity index (χ4v) is 3.54. The first kappa shape index (κ1) is 17.2. The standard InChI is InChI=1S/C17H19NO5S/c19-8-10-1-3-11(4-2-10)13-6-5-12(7-18-13)23-17-16(22)15(21)14(20)9-24-17/h1-7,14-17,19-22H,8-9H2/t14-,15+,16-,17+/m1/s1. The summed E-state index contributed by atoms with van der Waals surface area (Å²) in [6.45, 7) is 0.00240. The first-order valence-corrected chi connectivity index (χ1v) is 8.62. The molecule has 1 aliphatic heterocycles. The molecule has 2 aromatic rings. The summed E-state index contributed by atoms with van der Waals surface area (Å²) in [5, 5.41) is 38.2. The molecule has 4 atom stereocenters. The van der Waals surface area contributed by atoms with Gasteiger partial charge in [0.05, 0.1) is 24.6 Å². The maximum Gasteiger partial charge on any atom is 0.173 e. The van der Waals surface area contributed by atoms with Gasteiger partial charge in [-0.1, -0.05) is 24.3 Å². The van der Waals surface area contributed by atoms with Crippen molar-refractivity contribution in [2.75, 3.05) is 5.75 Å². The number of rotatable bonds is 4. The van der Waals surface area contributed by atoms with Crippen molar-refractivity contribution in [3.8, 4) is 17.0 Å². The van der Waals surface area contributed by atoms with Crippen molar-refractivity contribution in [2.45, 2.75) is 30.4 Å². The Morgan fingerprint density at radius 2 is 1.79 bits per heavy atom. The molecule has 0 unspecified atom stereocenters. The van der Waals surface area contributed by atoms with Crippen LogP contribution in [-0.2, 0) is 6.61 Å². The smallest absolute Gasteiger partial charge is 0.173 e. The summed E-state index contributed by atoms with van der Waals surface area (Å²) in [7, 11) is 0. The molecule has 4 N–H and O–H groups in total. The molecule has 1 saturated heterocycles. The molecule has 1 aromatic carbocycles. The summed E-state index contributed by atoms with van der Waals surface area (Å²) in [6, 6.07) is 11.0. The van der Waals surface area contributed by atoms with Gasteiger partial charge in [-0.15, -0.1) is 11.8 Å². The molecule has 6 nitrogen and oxygen atoms in total. The van der Waals surface area contributed by atoms with E-state index in [2.05, 4.69) is 4.98 Å². The van der Waals surface area contributed by atoms with Crippen LogP contribution in [0, 0.1) is 0 Å². The summed E-state index contributed by atoms with van der Waals surface area (Å²) in [5.74, 6) is 0.775. The number of pyridine rings is 1. The Kier molecular flexibility index (Phi) is 5.37. The average molecular weight is 349 g/mol. The molecule has 0 amide bonds. The van der Waals surface area contributed by atoms with Gasteiger partial charge in [0.15, 0.2) is 5.44 Å². The number of hydrogen-bond acceptors (Lipinski definition) is 7. The van der Waals surface area contributed by atoms with E-state index in [-0.39, 0.29) is 6.61 Å². The number of nitrogens with zero attached hydrogens (tertiary/aromatic N) is 1. The molecule has 0 bridgehead atoms. The van der Waals surface area contributed by atoms with Gasteiger partial charge in [-0.3, -0.25) is 4.98 Å². The van der Waals surface area contributed by atoms with E-state index in [0.717, 1.165) is 16.8 Å². The normalized spacial score (nSPS) is 27.0. The van der Waals surface area contributed by atoms with Crippen molar-refractivity contribution in [3.63, 3.8) is 0 Å². The van der Waals surface area contributed by atoms with Gasteiger partial charge in [0, 0.05) is 11.3 Å². The molecule has 0 radical (unpaired) electrons. The minimum atomic E-state index is -1.21. The minimum Gasteiger partial charge on any atom is -0.475 e. The van der Waals surface area contributed by atoms with E-state index in [9.17, 15) is 15.3 Å². The van der Waals surface area contributed by atoms with E-state index in [1.807, 2.05) is 24.3 Å². The SMILES string of the molecule is OCc1ccc(-c2ccc(O[C@H]3SC[C@@H](O)[C@H](O)[C@H]3O)cn2)cc1. The molecular formula is C17H19NO5S. The predicted octanol–water partition coefficient (Wildman–Crippen LogP) is 0.775. The van der Waals surface area contributed by atoms with Crippen molar-refractivity contribution in [3.05, 3.63) is 48.2 Å². The van der Waals surface area contributed by atoms with Crippen molar-refractivity contribution in [1.29, 1.82) is 0 Å². The van der Waals surface area contributed by atoms with Gasteiger partial charge in [0.1, 0.15) is 18.0 Å². The number of aromatic nitrogens is 1. The molecule has 0 aliphatic carbocycles. The molecule has 24 heavy (non-hydrogen) atoms. The molecule has 2 heterocycles. The third-order valence-corrected chi connectivity index (χ3v) is 5.11. The Morgan fingerprint density at radius 3 is 2.42 bits per heavy atom. The highest BCUT2D eigenvalue weighted by molar-refractivity contribution is 7.99. The molecular weight excluding hydrogens is 330 g/mol. The number of ether oxygens (including phenoxy) is 1. The van der Waals surface area contributed by atoms with Crippen LogP contribution in [0.3, 0.4) is 0 Å². The zero-order valence-electron chi connectivity index (χ0n) is 12.8. The fraction of sp³-hybridized carbons (Fsp3) is 0.353. The Morgan fingerprint density at radius 1 is 1.04 bits per heavy atom. The van der Waals surface area contributed by atoms with E-state index in [1.165, 1.54) is 11.8 Å². The lowest BCUT2D eigenvalue weighted by Gasteiger charge is -2.34. The molecule has 3 rings (SSSR count). The van der Waals surface area contributed by atoms with Gasteiger partial charge in [0.2, 0.25) is 0 Å².